The molecule has 2 rings (SSSR count). The molecule has 0 aliphatic carbocycles. The second-order valence-electron chi connectivity index (χ2n) is 5.26. The van der Waals surface area contributed by atoms with E-state index in [1.165, 1.54) is 18.2 Å². The summed E-state index contributed by atoms with van der Waals surface area (Å²) in [5, 5.41) is 6.89. The van der Waals surface area contributed by atoms with Crippen LogP contribution in [0.25, 0.3) is 0 Å². The number of nitrogens with one attached hydrogen (secondary N) is 2. The highest BCUT2D eigenvalue weighted by molar-refractivity contribution is 6.30. The Labute approximate surface area is 144 Å². The Morgan fingerprint density at radius 1 is 1.17 bits per heavy atom. The van der Waals surface area contributed by atoms with Crippen LogP contribution in [0.1, 0.15) is 18.5 Å². The first-order valence-corrected chi connectivity index (χ1v) is 7.77. The lowest BCUT2D eigenvalue weighted by Crippen LogP contribution is -2.87. The molecule has 0 fully saturated rings. The Morgan fingerprint density at radius 2 is 1.83 bits per heavy atom. The Bertz CT molecular complexity index is 722. The van der Waals surface area contributed by atoms with Gasteiger partial charge in [-0.3, -0.25) is 10.1 Å². The summed E-state index contributed by atoms with van der Waals surface area (Å²) in [6.07, 6.45) is 0. The summed E-state index contributed by atoms with van der Waals surface area (Å²) in [6.45, 7) is 2.00. The molecule has 0 heterocycles. The smallest absolute Gasteiger partial charge is 0.326 e. The number of anilines is 1. The van der Waals surface area contributed by atoms with Crippen molar-refractivity contribution in [2.45, 2.75) is 13.0 Å². The summed E-state index contributed by atoms with van der Waals surface area (Å²) in [5.74, 6) is -1.03. The Kier molecular flexibility index (Phi) is 6.28. The Hall–Kier alpha value is -2.44. The highest BCUT2D eigenvalue weighted by Gasteiger charge is 2.14. The molecule has 0 spiro atoms. The fourth-order valence-corrected chi connectivity index (χ4v) is 2.21. The van der Waals surface area contributed by atoms with E-state index in [0.29, 0.717) is 5.02 Å². The number of urea groups is 1. The van der Waals surface area contributed by atoms with Crippen LogP contribution in [0.5, 0.6) is 0 Å². The molecule has 7 heteroatoms. The van der Waals surface area contributed by atoms with Crippen molar-refractivity contribution in [3.05, 3.63) is 64.9 Å². The van der Waals surface area contributed by atoms with Crippen LogP contribution in [0, 0.1) is 5.82 Å². The zero-order chi connectivity index (χ0) is 17.5. The molecule has 0 aromatic heterocycles. The summed E-state index contributed by atoms with van der Waals surface area (Å²) in [4.78, 5) is 23.5. The van der Waals surface area contributed by atoms with E-state index in [2.05, 4.69) is 10.6 Å². The average molecular weight is 351 g/mol. The molecule has 5 nitrogen and oxygen atoms in total. The van der Waals surface area contributed by atoms with Gasteiger partial charge in [0.05, 0.1) is 5.69 Å². The molecule has 0 bridgehead atoms. The van der Waals surface area contributed by atoms with Gasteiger partial charge in [0.1, 0.15) is 11.9 Å². The van der Waals surface area contributed by atoms with E-state index in [9.17, 15) is 14.0 Å². The minimum absolute atomic E-state index is 0.0151. The van der Waals surface area contributed by atoms with E-state index < -0.39 is 17.8 Å². The van der Waals surface area contributed by atoms with Gasteiger partial charge < -0.3 is 10.6 Å². The second-order valence-corrected chi connectivity index (χ2v) is 5.70. The van der Waals surface area contributed by atoms with Crippen LogP contribution in [-0.2, 0) is 4.79 Å². The molecule has 3 amide bonds. The molecule has 0 aliphatic rings. The van der Waals surface area contributed by atoms with E-state index in [-0.39, 0.29) is 18.3 Å². The van der Waals surface area contributed by atoms with Crippen LogP contribution in [0.4, 0.5) is 14.9 Å². The van der Waals surface area contributed by atoms with Crippen LogP contribution in [0.15, 0.2) is 48.5 Å². The Balaban J connectivity index is 1.79. The maximum atomic E-state index is 13.4. The number of imide groups is 1. The van der Waals surface area contributed by atoms with E-state index in [0.717, 1.165) is 5.56 Å². The van der Waals surface area contributed by atoms with Gasteiger partial charge in [-0.25, -0.2) is 9.18 Å². The number of hydrogen-bond acceptors (Lipinski definition) is 2. The standard InChI is InChI=1S/C17H17ClFN3O2/c1-11(12-6-8-13(18)9-7-12)20-10-16(23)22-17(24)21-15-5-3-2-4-14(15)19/h2-9,11,20H,10H2,1H3,(H2,21,22,23,24)/p+1/t11-/m0/s1. The summed E-state index contributed by atoms with van der Waals surface area (Å²) >= 11 is 5.83. The molecule has 24 heavy (non-hydrogen) atoms. The molecule has 1 atom stereocenters. The highest BCUT2D eigenvalue weighted by Crippen LogP contribution is 2.13. The highest BCUT2D eigenvalue weighted by atomic mass is 35.5. The van der Waals surface area contributed by atoms with Gasteiger partial charge in [0.15, 0.2) is 6.54 Å². The predicted octanol–water partition coefficient (Wildman–Crippen LogP) is 2.45. The normalized spacial score (nSPS) is 11.6. The summed E-state index contributed by atoms with van der Waals surface area (Å²) in [5.41, 5.74) is 1.03. The van der Waals surface area contributed by atoms with E-state index >= 15 is 0 Å². The van der Waals surface area contributed by atoms with Crippen molar-refractivity contribution in [1.82, 2.24) is 5.32 Å². The Morgan fingerprint density at radius 3 is 2.50 bits per heavy atom. The van der Waals surface area contributed by atoms with Crippen LogP contribution >= 0.6 is 11.6 Å². The van der Waals surface area contributed by atoms with Crippen molar-refractivity contribution in [3.8, 4) is 0 Å². The quantitative estimate of drug-likeness (QED) is 0.774. The largest absolute Gasteiger partial charge is 0.333 e. The number of amides is 3. The van der Waals surface area contributed by atoms with E-state index in [4.69, 9.17) is 11.6 Å². The maximum absolute atomic E-state index is 13.4. The summed E-state index contributed by atoms with van der Waals surface area (Å²) in [7, 11) is 0. The third-order valence-electron chi connectivity index (χ3n) is 3.43. The first-order valence-electron chi connectivity index (χ1n) is 7.40. The van der Waals surface area contributed by atoms with E-state index in [1.807, 2.05) is 19.1 Å². The van der Waals surface area contributed by atoms with Crippen molar-refractivity contribution >= 4 is 29.2 Å². The molecular formula is C17H18ClFN3O2+. The van der Waals surface area contributed by atoms with E-state index in [1.54, 1.807) is 23.5 Å². The van der Waals surface area contributed by atoms with Crippen molar-refractivity contribution in [1.29, 1.82) is 0 Å². The number of halogens is 2. The monoisotopic (exact) mass is 350 g/mol. The van der Waals surface area contributed by atoms with Gasteiger partial charge in [-0.15, -0.1) is 0 Å². The third-order valence-corrected chi connectivity index (χ3v) is 3.68. The average Bonchev–Trinajstić information content (AvgIpc) is 2.55. The topological polar surface area (TPSA) is 74.8 Å². The zero-order valence-electron chi connectivity index (χ0n) is 13.1. The fraction of sp³-hybridized carbons (Fsp3) is 0.176. The van der Waals surface area contributed by atoms with Gasteiger partial charge in [0, 0.05) is 10.6 Å². The molecule has 0 unspecified atom stereocenters. The predicted molar refractivity (Wildman–Crippen MR) is 90.2 cm³/mol. The van der Waals surface area contributed by atoms with Crippen LogP contribution in [0.3, 0.4) is 0 Å². The minimum Gasteiger partial charge on any atom is -0.333 e. The number of rotatable bonds is 5. The fourth-order valence-electron chi connectivity index (χ4n) is 2.08. The molecule has 4 N–H and O–H groups in total. The summed E-state index contributed by atoms with van der Waals surface area (Å²) < 4.78 is 13.4. The lowest BCUT2D eigenvalue weighted by molar-refractivity contribution is -0.682. The SMILES string of the molecule is C[C@H]([NH2+]CC(=O)NC(=O)Nc1ccccc1F)c1ccc(Cl)cc1. The van der Waals surface area contributed by atoms with Gasteiger partial charge in [-0.2, -0.15) is 0 Å². The van der Waals surface area contributed by atoms with Crippen LogP contribution < -0.4 is 16.0 Å². The molecular weight excluding hydrogens is 333 g/mol. The lowest BCUT2D eigenvalue weighted by atomic mass is 10.1. The van der Waals surface area contributed by atoms with Crippen molar-refractivity contribution in [2.24, 2.45) is 0 Å². The number of benzene rings is 2. The van der Waals surface area contributed by atoms with Gasteiger partial charge in [0.2, 0.25) is 0 Å². The number of quaternary nitrogens is 1. The summed E-state index contributed by atoms with van der Waals surface area (Å²) in [6, 6.07) is 12.3. The number of carbonyl (C=O) groups is 2. The van der Waals surface area contributed by atoms with Gasteiger partial charge in [0.25, 0.3) is 5.91 Å². The number of nitrogens with two attached hydrogens (primary N) is 1. The first kappa shape index (κ1) is 17.9. The number of hydrogen-bond donors (Lipinski definition) is 3. The molecule has 2 aromatic rings. The molecule has 126 valence electrons. The molecule has 0 radical (unpaired) electrons. The van der Waals surface area contributed by atoms with Crippen molar-refractivity contribution in [2.75, 3.05) is 11.9 Å². The molecule has 2 aromatic carbocycles. The third kappa shape index (κ3) is 5.33. The number of carbonyl (C=O) groups excluding carboxylic acids is 2. The van der Waals surface area contributed by atoms with Crippen molar-refractivity contribution in [3.63, 3.8) is 0 Å². The second kappa shape index (κ2) is 8.42. The van der Waals surface area contributed by atoms with Gasteiger partial charge in [-0.1, -0.05) is 35.9 Å². The maximum Gasteiger partial charge on any atom is 0.326 e. The van der Waals surface area contributed by atoms with Crippen LogP contribution in [-0.4, -0.2) is 18.5 Å². The first-order chi connectivity index (χ1) is 11.5. The zero-order valence-corrected chi connectivity index (χ0v) is 13.8. The lowest BCUT2D eigenvalue weighted by Gasteiger charge is -2.11. The van der Waals surface area contributed by atoms with Crippen LogP contribution in [0.2, 0.25) is 5.02 Å². The van der Waals surface area contributed by atoms with Gasteiger partial charge in [-0.05, 0) is 31.2 Å². The molecule has 0 saturated heterocycles. The molecule has 0 aliphatic heterocycles. The number of para-hydroxylation sites is 1. The van der Waals surface area contributed by atoms with Crippen molar-refractivity contribution < 1.29 is 19.3 Å². The van der Waals surface area contributed by atoms with Gasteiger partial charge >= 0.3 is 6.03 Å². The minimum atomic E-state index is -0.766. The molecule has 0 saturated carbocycles.